The van der Waals surface area contributed by atoms with E-state index in [4.69, 9.17) is 21.6 Å². The van der Waals surface area contributed by atoms with Crippen LogP contribution in [0.5, 0.6) is 0 Å². The van der Waals surface area contributed by atoms with Gasteiger partial charge in [0.15, 0.2) is 5.82 Å². The minimum absolute atomic E-state index is 0.00587. The van der Waals surface area contributed by atoms with Gasteiger partial charge in [0.2, 0.25) is 0 Å². The van der Waals surface area contributed by atoms with Gasteiger partial charge in [-0.15, -0.1) is 0 Å². The number of piperidine rings is 1. The summed E-state index contributed by atoms with van der Waals surface area (Å²) >= 11 is 6.30. The fourth-order valence-corrected chi connectivity index (χ4v) is 5.15. The number of benzene rings is 1. The highest BCUT2D eigenvalue weighted by Gasteiger charge is 2.27. The Kier molecular flexibility index (Phi) is 7.38. The number of hydrogen-bond acceptors (Lipinski definition) is 7. The van der Waals surface area contributed by atoms with E-state index in [0.29, 0.717) is 23.6 Å². The van der Waals surface area contributed by atoms with Crippen molar-refractivity contribution in [3.63, 3.8) is 0 Å². The number of piperazine rings is 1. The number of aryl methyl sites for hydroxylation is 1. The summed E-state index contributed by atoms with van der Waals surface area (Å²) in [7, 11) is 2.15. The average molecular weight is 509 g/mol. The molecule has 4 heterocycles. The number of H-pyrrole nitrogens is 1. The third-order valence-corrected chi connectivity index (χ3v) is 7.26. The molecule has 1 atom stereocenters. The van der Waals surface area contributed by atoms with E-state index >= 15 is 0 Å². The molecule has 1 amide bonds. The standard InChI is InChI=1S/C26H33ClN8O/c1-18-14-24(32-31-18)29-23-16-25(34-12-10-33(2)11-13-34)30-22(28-23)15-19-6-5-9-35(17-19)26(36)20-7-3-4-8-21(20)27/h3-4,7-8,14,16,19H,5-6,9-13,15,17H2,1-2H3,(H2,28,29,30,31,32)/t19-/m1/s1. The Labute approximate surface area is 216 Å². The Hall–Kier alpha value is -3.17. The first kappa shape index (κ1) is 24.5. The van der Waals surface area contributed by atoms with Crippen LogP contribution in [0.2, 0.25) is 5.02 Å². The van der Waals surface area contributed by atoms with E-state index in [1.54, 1.807) is 12.1 Å². The number of likely N-dealkylation sites (tertiary alicyclic amines) is 1. The molecular formula is C26H33ClN8O. The van der Waals surface area contributed by atoms with Crippen molar-refractivity contribution in [2.45, 2.75) is 26.2 Å². The van der Waals surface area contributed by atoms with Crippen molar-refractivity contribution >= 4 is 35.0 Å². The average Bonchev–Trinajstić information content (AvgIpc) is 3.28. The molecule has 0 radical (unpaired) electrons. The maximum absolute atomic E-state index is 13.1. The molecule has 2 aliphatic heterocycles. The van der Waals surface area contributed by atoms with E-state index in [1.165, 1.54) is 0 Å². The predicted molar refractivity (Wildman–Crippen MR) is 142 cm³/mol. The zero-order chi connectivity index (χ0) is 25.1. The minimum atomic E-state index is -0.00587. The molecule has 10 heteroatoms. The molecule has 2 aromatic heterocycles. The molecule has 2 fully saturated rings. The van der Waals surface area contributed by atoms with Gasteiger partial charge in [-0.05, 0) is 44.9 Å². The van der Waals surface area contributed by atoms with Crippen LogP contribution in [0.25, 0.3) is 0 Å². The van der Waals surface area contributed by atoms with Crippen molar-refractivity contribution in [1.82, 2.24) is 30.0 Å². The molecule has 2 aliphatic rings. The number of halogens is 1. The Morgan fingerprint density at radius 1 is 1.11 bits per heavy atom. The van der Waals surface area contributed by atoms with Gasteiger partial charge in [0.25, 0.3) is 5.91 Å². The largest absolute Gasteiger partial charge is 0.354 e. The lowest BCUT2D eigenvalue weighted by atomic mass is 9.94. The van der Waals surface area contributed by atoms with Crippen LogP contribution < -0.4 is 10.2 Å². The molecule has 9 nitrogen and oxygen atoms in total. The molecule has 190 valence electrons. The highest BCUT2D eigenvalue weighted by atomic mass is 35.5. The summed E-state index contributed by atoms with van der Waals surface area (Å²) in [6, 6.07) is 11.2. The molecule has 2 saturated heterocycles. The van der Waals surface area contributed by atoms with E-state index in [1.807, 2.05) is 36.1 Å². The lowest BCUT2D eigenvalue weighted by molar-refractivity contribution is 0.0672. The number of aromatic amines is 1. The number of amides is 1. The third kappa shape index (κ3) is 5.79. The van der Waals surface area contributed by atoms with Gasteiger partial charge in [-0.1, -0.05) is 23.7 Å². The highest BCUT2D eigenvalue weighted by molar-refractivity contribution is 6.33. The molecule has 5 rings (SSSR count). The second kappa shape index (κ2) is 10.8. The van der Waals surface area contributed by atoms with Crippen LogP contribution in [-0.4, -0.2) is 82.2 Å². The van der Waals surface area contributed by atoms with Crippen LogP contribution in [0, 0.1) is 12.8 Å². The van der Waals surface area contributed by atoms with Gasteiger partial charge in [-0.3, -0.25) is 9.89 Å². The first-order chi connectivity index (χ1) is 17.4. The van der Waals surface area contributed by atoms with Crippen LogP contribution >= 0.6 is 11.6 Å². The van der Waals surface area contributed by atoms with Crippen LogP contribution in [0.4, 0.5) is 17.5 Å². The van der Waals surface area contributed by atoms with Gasteiger partial charge < -0.3 is 20.0 Å². The lowest BCUT2D eigenvalue weighted by Gasteiger charge is -2.34. The van der Waals surface area contributed by atoms with Crippen LogP contribution in [0.15, 0.2) is 36.4 Å². The SMILES string of the molecule is Cc1cc(Nc2cc(N3CCN(C)CC3)nc(C[C@H]3CCCN(C(=O)c4ccccc4Cl)C3)n2)n[nH]1. The van der Waals surface area contributed by atoms with Crippen LogP contribution in [-0.2, 0) is 6.42 Å². The maximum Gasteiger partial charge on any atom is 0.255 e. The second-order valence-electron chi connectivity index (χ2n) is 9.82. The number of likely N-dealkylation sites (N-methyl/N-ethyl adjacent to an activating group) is 1. The Bertz CT molecular complexity index is 1210. The summed E-state index contributed by atoms with van der Waals surface area (Å²) in [4.78, 5) is 29.5. The summed E-state index contributed by atoms with van der Waals surface area (Å²) in [5.41, 5.74) is 1.55. The maximum atomic E-state index is 13.1. The number of hydrogen-bond donors (Lipinski definition) is 2. The predicted octanol–water partition coefficient (Wildman–Crippen LogP) is 3.75. The molecule has 2 N–H and O–H groups in total. The van der Waals surface area contributed by atoms with Gasteiger partial charge in [0, 0.05) is 63.5 Å². The monoisotopic (exact) mass is 508 g/mol. The number of nitrogens with one attached hydrogen (secondary N) is 2. The molecule has 0 bridgehead atoms. The summed E-state index contributed by atoms with van der Waals surface area (Å²) in [6.45, 7) is 7.25. The molecule has 36 heavy (non-hydrogen) atoms. The zero-order valence-electron chi connectivity index (χ0n) is 20.9. The van der Waals surface area contributed by atoms with E-state index in [-0.39, 0.29) is 11.8 Å². The topological polar surface area (TPSA) is 93.3 Å². The quantitative estimate of drug-likeness (QED) is 0.523. The number of aromatic nitrogens is 4. The van der Waals surface area contributed by atoms with Gasteiger partial charge in [-0.2, -0.15) is 5.10 Å². The summed E-state index contributed by atoms with van der Waals surface area (Å²) in [5, 5.41) is 11.1. The Morgan fingerprint density at radius 3 is 2.67 bits per heavy atom. The number of rotatable bonds is 6. The summed E-state index contributed by atoms with van der Waals surface area (Å²) < 4.78 is 0. The van der Waals surface area contributed by atoms with Gasteiger partial charge in [-0.25, -0.2) is 9.97 Å². The Balaban J connectivity index is 1.34. The zero-order valence-corrected chi connectivity index (χ0v) is 21.6. The third-order valence-electron chi connectivity index (χ3n) is 6.93. The van der Waals surface area contributed by atoms with Crippen LogP contribution in [0.3, 0.4) is 0 Å². The van der Waals surface area contributed by atoms with E-state index in [0.717, 1.165) is 74.5 Å². The van der Waals surface area contributed by atoms with Gasteiger partial charge in [0.1, 0.15) is 17.5 Å². The molecular weight excluding hydrogens is 476 g/mol. The molecule has 3 aromatic rings. The fraction of sp³-hybridized carbons (Fsp3) is 0.462. The van der Waals surface area contributed by atoms with Crippen molar-refractivity contribution < 1.29 is 4.79 Å². The molecule has 0 unspecified atom stereocenters. The van der Waals surface area contributed by atoms with E-state index in [9.17, 15) is 4.79 Å². The molecule has 0 aliphatic carbocycles. The fourth-order valence-electron chi connectivity index (χ4n) is 4.93. The van der Waals surface area contributed by atoms with Gasteiger partial charge in [0.05, 0.1) is 10.6 Å². The van der Waals surface area contributed by atoms with E-state index in [2.05, 4.69) is 32.4 Å². The number of anilines is 3. The summed E-state index contributed by atoms with van der Waals surface area (Å²) in [6.07, 6.45) is 2.70. The number of carbonyl (C=O) groups is 1. The lowest BCUT2D eigenvalue weighted by Crippen LogP contribution is -2.45. The number of nitrogens with zero attached hydrogens (tertiary/aromatic N) is 6. The first-order valence-electron chi connectivity index (χ1n) is 12.6. The van der Waals surface area contributed by atoms with Crippen molar-refractivity contribution in [2.24, 2.45) is 5.92 Å². The molecule has 0 saturated carbocycles. The van der Waals surface area contributed by atoms with Crippen LogP contribution in [0.1, 0.15) is 34.7 Å². The highest BCUT2D eigenvalue weighted by Crippen LogP contribution is 2.26. The van der Waals surface area contributed by atoms with Crippen molar-refractivity contribution in [2.75, 3.05) is 56.5 Å². The summed E-state index contributed by atoms with van der Waals surface area (Å²) in [5.74, 6) is 3.47. The smallest absolute Gasteiger partial charge is 0.255 e. The second-order valence-corrected chi connectivity index (χ2v) is 10.2. The van der Waals surface area contributed by atoms with E-state index < -0.39 is 0 Å². The van der Waals surface area contributed by atoms with Crippen molar-refractivity contribution in [1.29, 1.82) is 0 Å². The Morgan fingerprint density at radius 2 is 1.92 bits per heavy atom. The van der Waals surface area contributed by atoms with Crippen molar-refractivity contribution in [3.8, 4) is 0 Å². The first-order valence-corrected chi connectivity index (χ1v) is 13.0. The van der Waals surface area contributed by atoms with Gasteiger partial charge >= 0.3 is 0 Å². The van der Waals surface area contributed by atoms with Crippen molar-refractivity contribution in [3.05, 3.63) is 58.5 Å². The normalized spacial score (nSPS) is 18.9. The minimum Gasteiger partial charge on any atom is -0.354 e. The molecule has 1 aromatic carbocycles. The molecule has 0 spiro atoms. The number of carbonyl (C=O) groups excluding carboxylic acids is 1.